The standard InChI is InChI=1S/C14H16N2O6S2/c1-20-9-3-8(4-10(5-9)21-2)13-15-16-14(22-13)23-12-7-24(18,19)6-11(12)17/h3-5,11-12,17H,6-7H2,1-2H3/t11-,12+/m1/s1. The van der Waals surface area contributed by atoms with Crippen molar-refractivity contribution in [2.24, 2.45) is 0 Å². The molecule has 1 fully saturated rings. The first-order chi connectivity index (χ1) is 11.4. The second-order valence-corrected chi connectivity index (χ2v) is 8.62. The van der Waals surface area contributed by atoms with Crippen LogP contribution in [-0.2, 0) is 9.84 Å². The number of aromatic nitrogens is 2. The molecule has 1 aromatic heterocycles. The van der Waals surface area contributed by atoms with Crippen LogP contribution < -0.4 is 9.47 Å². The number of methoxy groups -OCH3 is 2. The van der Waals surface area contributed by atoms with Gasteiger partial charge in [-0.2, -0.15) is 0 Å². The third-order valence-electron chi connectivity index (χ3n) is 3.53. The van der Waals surface area contributed by atoms with Crippen molar-refractivity contribution in [1.29, 1.82) is 0 Å². The molecular formula is C14H16N2O6S2. The third-order valence-corrected chi connectivity index (χ3v) is 6.61. The van der Waals surface area contributed by atoms with E-state index in [9.17, 15) is 13.5 Å². The van der Waals surface area contributed by atoms with Crippen molar-refractivity contribution in [2.45, 2.75) is 16.6 Å². The van der Waals surface area contributed by atoms with E-state index >= 15 is 0 Å². The summed E-state index contributed by atoms with van der Waals surface area (Å²) in [5.41, 5.74) is 0.616. The molecule has 8 nitrogen and oxygen atoms in total. The van der Waals surface area contributed by atoms with E-state index in [1.807, 2.05) is 0 Å². The number of sulfone groups is 1. The number of ether oxygens (including phenoxy) is 2. The number of benzene rings is 1. The van der Waals surface area contributed by atoms with Gasteiger partial charge in [-0.1, -0.05) is 11.8 Å². The zero-order valence-corrected chi connectivity index (χ0v) is 14.6. The summed E-state index contributed by atoms with van der Waals surface area (Å²) < 4.78 is 39.0. The Morgan fingerprint density at radius 1 is 1.17 bits per heavy atom. The Morgan fingerprint density at radius 2 is 1.83 bits per heavy atom. The Morgan fingerprint density at radius 3 is 2.38 bits per heavy atom. The Balaban J connectivity index is 1.81. The fourth-order valence-corrected chi connectivity index (χ4v) is 5.70. The molecule has 1 aliphatic heterocycles. The SMILES string of the molecule is COc1cc(OC)cc(-c2nnc(S[C@H]3CS(=O)(=O)C[C@H]3O)o2)c1. The van der Waals surface area contributed by atoms with Crippen molar-refractivity contribution in [3.05, 3.63) is 18.2 Å². The van der Waals surface area contributed by atoms with Gasteiger partial charge in [-0.25, -0.2) is 8.42 Å². The Labute approximate surface area is 143 Å². The fraction of sp³-hybridized carbons (Fsp3) is 0.429. The summed E-state index contributed by atoms with van der Waals surface area (Å²) in [4.78, 5) is 0. The summed E-state index contributed by atoms with van der Waals surface area (Å²) in [5.74, 6) is 1.07. The molecule has 0 spiro atoms. The van der Waals surface area contributed by atoms with Crippen molar-refractivity contribution < 1.29 is 27.4 Å². The monoisotopic (exact) mass is 372 g/mol. The average molecular weight is 372 g/mol. The first-order valence-electron chi connectivity index (χ1n) is 7.02. The van der Waals surface area contributed by atoms with Gasteiger partial charge >= 0.3 is 0 Å². The number of aliphatic hydroxyl groups is 1. The van der Waals surface area contributed by atoms with E-state index in [4.69, 9.17) is 13.9 Å². The molecule has 1 saturated heterocycles. The first kappa shape index (κ1) is 17.1. The van der Waals surface area contributed by atoms with E-state index in [0.717, 1.165) is 11.8 Å². The summed E-state index contributed by atoms with van der Waals surface area (Å²) in [6.07, 6.45) is -0.938. The summed E-state index contributed by atoms with van der Waals surface area (Å²) >= 11 is 1.07. The fourth-order valence-electron chi connectivity index (χ4n) is 2.34. The molecule has 0 amide bonds. The van der Waals surface area contributed by atoms with Gasteiger partial charge in [0, 0.05) is 11.6 Å². The lowest BCUT2D eigenvalue weighted by molar-refractivity contribution is 0.207. The number of aliphatic hydroxyl groups excluding tert-OH is 1. The zero-order valence-electron chi connectivity index (χ0n) is 13.0. The van der Waals surface area contributed by atoms with Crippen LogP contribution >= 0.6 is 11.8 Å². The van der Waals surface area contributed by atoms with Crippen LogP contribution in [0.25, 0.3) is 11.5 Å². The maximum atomic E-state index is 11.5. The highest BCUT2D eigenvalue weighted by atomic mass is 32.2. The molecule has 1 aromatic carbocycles. The van der Waals surface area contributed by atoms with E-state index in [1.165, 1.54) is 14.2 Å². The maximum absolute atomic E-state index is 11.5. The molecule has 1 N–H and O–H groups in total. The van der Waals surface area contributed by atoms with Gasteiger partial charge in [-0.05, 0) is 12.1 Å². The summed E-state index contributed by atoms with van der Waals surface area (Å²) in [6.45, 7) is 0. The van der Waals surface area contributed by atoms with Crippen LogP contribution in [0.3, 0.4) is 0 Å². The summed E-state index contributed by atoms with van der Waals surface area (Å²) in [5, 5.41) is 17.4. The predicted molar refractivity (Wildman–Crippen MR) is 87.1 cm³/mol. The normalized spacial score (nSPS) is 22.5. The lowest BCUT2D eigenvalue weighted by atomic mass is 10.2. The van der Waals surface area contributed by atoms with Gasteiger partial charge in [0.05, 0.1) is 37.1 Å². The molecule has 24 heavy (non-hydrogen) atoms. The highest BCUT2D eigenvalue weighted by molar-refractivity contribution is 8.01. The second-order valence-electron chi connectivity index (χ2n) is 5.28. The highest BCUT2D eigenvalue weighted by Crippen LogP contribution is 2.34. The summed E-state index contributed by atoms with van der Waals surface area (Å²) in [6, 6.07) is 5.16. The first-order valence-corrected chi connectivity index (χ1v) is 9.72. The van der Waals surface area contributed by atoms with Crippen LogP contribution in [0, 0.1) is 0 Å². The molecular weight excluding hydrogens is 356 g/mol. The van der Waals surface area contributed by atoms with Gasteiger partial charge in [0.1, 0.15) is 11.5 Å². The smallest absolute Gasteiger partial charge is 0.277 e. The Hall–Kier alpha value is -1.78. The van der Waals surface area contributed by atoms with E-state index < -0.39 is 21.2 Å². The molecule has 0 aliphatic carbocycles. The average Bonchev–Trinajstić information content (AvgIpc) is 3.11. The van der Waals surface area contributed by atoms with Crippen LogP contribution in [0.1, 0.15) is 0 Å². The molecule has 0 unspecified atom stereocenters. The van der Waals surface area contributed by atoms with Crippen LogP contribution in [0.4, 0.5) is 0 Å². The lowest BCUT2D eigenvalue weighted by Crippen LogP contribution is -2.19. The molecule has 2 aromatic rings. The maximum Gasteiger partial charge on any atom is 0.277 e. The van der Waals surface area contributed by atoms with Crippen molar-refractivity contribution >= 4 is 21.6 Å². The molecule has 0 radical (unpaired) electrons. The predicted octanol–water partition coefficient (Wildman–Crippen LogP) is 1.00. The molecule has 10 heteroatoms. The third kappa shape index (κ3) is 3.65. The van der Waals surface area contributed by atoms with Gasteiger partial charge in [0.2, 0.25) is 5.89 Å². The van der Waals surface area contributed by atoms with Gasteiger partial charge in [0.25, 0.3) is 5.22 Å². The van der Waals surface area contributed by atoms with Crippen LogP contribution in [0.15, 0.2) is 27.8 Å². The largest absolute Gasteiger partial charge is 0.497 e. The van der Waals surface area contributed by atoms with Crippen LogP contribution in [-0.4, -0.2) is 60.8 Å². The molecule has 0 bridgehead atoms. The number of hydrogen-bond donors (Lipinski definition) is 1. The van der Waals surface area contributed by atoms with Gasteiger partial charge in [-0.15, -0.1) is 10.2 Å². The minimum atomic E-state index is -3.22. The molecule has 0 saturated carbocycles. The number of rotatable bonds is 5. The quantitative estimate of drug-likeness (QED) is 0.821. The molecule has 3 rings (SSSR count). The zero-order chi connectivity index (χ0) is 17.3. The van der Waals surface area contributed by atoms with Gasteiger partial charge in [0.15, 0.2) is 9.84 Å². The number of nitrogens with zero attached hydrogens (tertiary/aromatic N) is 2. The topological polar surface area (TPSA) is 112 Å². The van der Waals surface area contributed by atoms with Gasteiger partial charge in [-0.3, -0.25) is 0 Å². The van der Waals surface area contributed by atoms with Crippen molar-refractivity contribution in [2.75, 3.05) is 25.7 Å². The van der Waals surface area contributed by atoms with Crippen LogP contribution in [0.5, 0.6) is 11.5 Å². The highest BCUT2D eigenvalue weighted by Gasteiger charge is 2.38. The Kier molecular flexibility index (Phi) is 4.70. The lowest BCUT2D eigenvalue weighted by Gasteiger charge is -2.08. The van der Waals surface area contributed by atoms with Crippen molar-refractivity contribution in [3.63, 3.8) is 0 Å². The Bertz CT molecular complexity index is 813. The van der Waals surface area contributed by atoms with Crippen molar-refractivity contribution in [1.82, 2.24) is 10.2 Å². The summed E-state index contributed by atoms with van der Waals surface area (Å²) in [7, 11) is -0.147. The van der Waals surface area contributed by atoms with E-state index in [1.54, 1.807) is 18.2 Å². The number of thioether (sulfide) groups is 1. The minimum Gasteiger partial charge on any atom is -0.497 e. The minimum absolute atomic E-state index is 0.108. The van der Waals surface area contributed by atoms with E-state index in [0.29, 0.717) is 17.1 Å². The molecule has 2 heterocycles. The molecule has 1 aliphatic rings. The van der Waals surface area contributed by atoms with Gasteiger partial charge < -0.3 is 19.0 Å². The molecule has 2 atom stereocenters. The van der Waals surface area contributed by atoms with Crippen molar-refractivity contribution in [3.8, 4) is 23.0 Å². The number of hydrogen-bond acceptors (Lipinski definition) is 9. The van der Waals surface area contributed by atoms with E-state index in [2.05, 4.69) is 10.2 Å². The second kappa shape index (κ2) is 6.61. The van der Waals surface area contributed by atoms with E-state index in [-0.39, 0.29) is 22.6 Å². The van der Waals surface area contributed by atoms with Crippen LogP contribution in [0.2, 0.25) is 0 Å². The molecule has 130 valence electrons.